The number of rotatable bonds is 5. The predicted molar refractivity (Wildman–Crippen MR) is 97.8 cm³/mol. The monoisotopic (exact) mass is 422 g/mol. The van der Waals surface area contributed by atoms with E-state index in [1.54, 1.807) is 0 Å². The number of anilines is 1. The van der Waals surface area contributed by atoms with Crippen LogP contribution in [0.4, 0.5) is 19.0 Å². The number of hydrogen-bond donors (Lipinski definition) is 5. The molecule has 3 atom stereocenters. The van der Waals surface area contributed by atoms with Gasteiger partial charge >= 0.3 is 0 Å². The highest BCUT2D eigenvalue weighted by Gasteiger charge is 2.34. The number of aromatic nitrogens is 4. The zero-order valence-electron chi connectivity index (χ0n) is 15.4. The van der Waals surface area contributed by atoms with Crippen molar-refractivity contribution in [2.24, 2.45) is 0 Å². The molecule has 0 radical (unpaired) electrons. The van der Waals surface area contributed by atoms with E-state index in [-0.39, 0.29) is 28.1 Å². The van der Waals surface area contributed by atoms with Crippen molar-refractivity contribution in [2.45, 2.75) is 37.6 Å². The van der Waals surface area contributed by atoms with Crippen molar-refractivity contribution >= 4 is 22.8 Å². The molecule has 1 fully saturated rings. The number of hydrogen-bond acceptors (Lipinski definition) is 7. The number of carbonyl (C=O) groups is 1. The molecule has 1 saturated carbocycles. The fourth-order valence-corrected chi connectivity index (χ4v) is 3.42. The number of nitrogens with zero attached hydrogens (tertiary/aromatic N) is 3. The Morgan fingerprint density at radius 2 is 2.00 bits per heavy atom. The van der Waals surface area contributed by atoms with Gasteiger partial charge in [0.05, 0.1) is 23.6 Å². The molecule has 4 rings (SSSR count). The first kappa shape index (κ1) is 20.0. The second-order valence-electron chi connectivity index (χ2n) is 6.95. The molecule has 0 saturated heterocycles. The van der Waals surface area contributed by atoms with E-state index in [4.69, 9.17) is 0 Å². The lowest BCUT2D eigenvalue weighted by molar-refractivity contribution is 0.0392. The van der Waals surface area contributed by atoms with Gasteiger partial charge in [-0.15, -0.1) is 0 Å². The Kier molecular flexibility index (Phi) is 5.26. The molecule has 158 valence electrons. The predicted octanol–water partition coefficient (Wildman–Crippen LogP) is 0.996. The molecule has 1 aromatic carbocycles. The largest absolute Gasteiger partial charge is 0.390 e. The minimum atomic E-state index is -1.36. The van der Waals surface area contributed by atoms with Crippen molar-refractivity contribution in [2.75, 3.05) is 5.32 Å². The van der Waals surface area contributed by atoms with Crippen LogP contribution in [-0.2, 0) is 6.54 Å². The van der Waals surface area contributed by atoms with Crippen LogP contribution in [0, 0.1) is 17.5 Å². The summed E-state index contributed by atoms with van der Waals surface area (Å²) in [5, 5.41) is 31.8. The molecule has 9 nitrogen and oxygen atoms in total. The first-order chi connectivity index (χ1) is 14.3. The number of carbonyl (C=O) groups excluding carboxylic acids is 1. The molecular weight excluding hydrogens is 405 g/mol. The Hall–Kier alpha value is -3.25. The Balaban J connectivity index is 1.58. The van der Waals surface area contributed by atoms with E-state index in [0.717, 1.165) is 6.07 Å². The highest BCUT2D eigenvalue weighted by molar-refractivity contribution is 6.07. The van der Waals surface area contributed by atoms with Gasteiger partial charge in [0.15, 0.2) is 23.0 Å². The molecule has 30 heavy (non-hydrogen) atoms. The van der Waals surface area contributed by atoms with Crippen molar-refractivity contribution in [1.29, 1.82) is 0 Å². The maximum Gasteiger partial charge on any atom is 0.272 e. The molecule has 5 N–H and O–H groups in total. The fraction of sp³-hybridized carbons (Fsp3) is 0.333. The van der Waals surface area contributed by atoms with Gasteiger partial charge in [-0.2, -0.15) is 5.10 Å². The normalized spacial score (nSPS) is 21.2. The third-order valence-corrected chi connectivity index (χ3v) is 4.98. The van der Waals surface area contributed by atoms with E-state index in [0.29, 0.717) is 18.9 Å². The number of fused-ring (bicyclic) bond motifs is 1. The first-order valence-electron chi connectivity index (χ1n) is 9.08. The minimum Gasteiger partial charge on any atom is -0.390 e. The maximum absolute atomic E-state index is 13.8. The second kappa shape index (κ2) is 7.88. The molecule has 12 heteroatoms. The van der Waals surface area contributed by atoms with Crippen LogP contribution in [0.1, 0.15) is 28.9 Å². The smallest absolute Gasteiger partial charge is 0.272 e. The van der Waals surface area contributed by atoms with E-state index in [1.165, 1.54) is 6.33 Å². The lowest BCUT2D eigenvalue weighted by Crippen LogP contribution is -2.34. The highest BCUT2D eigenvalue weighted by atomic mass is 19.2. The number of aromatic amines is 1. The maximum atomic E-state index is 13.8. The number of halogens is 3. The number of nitrogens with one attached hydrogen (secondary N) is 3. The van der Waals surface area contributed by atoms with Crippen molar-refractivity contribution in [3.05, 3.63) is 47.2 Å². The van der Waals surface area contributed by atoms with Crippen LogP contribution in [0.15, 0.2) is 18.5 Å². The van der Waals surface area contributed by atoms with Gasteiger partial charge in [0.1, 0.15) is 18.0 Å². The fourth-order valence-electron chi connectivity index (χ4n) is 3.42. The highest BCUT2D eigenvalue weighted by Crippen LogP contribution is 2.27. The molecule has 0 spiro atoms. The summed E-state index contributed by atoms with van der Waals surface area (Å²) in [5.41, 5.74) is -0.259. The number of benzene rings is 1. The molecular formula is C18H17F3N6O3. The standard InChI is InChI=1S/C18H17F3N6O3/c19-8-3-7(13(21)9(20)4-8)5-22-18(30)14-12-16(23-6-24-17(12)27-26-14)25-10-1-2-11(28)15(10)29/h3-4,6,10-11,15,28-29H,1-2,5H2,(H,22,30)(H2,23,24,25,26,27)/t10-,11-,15+/m1/s1. The molecule has 0 aliphatic heterocycles. The SMILES string of the molecule is O=C(NCc1cc(F)cc(F)c1F)c1n[nH]c2ncnc(N[C@@H]3CC[C@@H](O)[C@H]3O)c12. The van der Waals surface area contributed by atoms with Crippen LogP contribution in [-0.4, -0.2) is 54.5 Å². The van der Waals surface area contributed by atoms with Gasteiger partial charge in [0.25, 0.3) is 5.91 Å². The Morgan fingerprint density at radius 1 is 1.20 bits per heavy atom. The Bertz CT molecular complexity index is 1110. The summed E-state index contributed by atoms with van der Waals surface area (Å²) in [4.78, 5) is 20.7. The van der Waals surface area contributed by atoms with Gasteiger partial charge in [0, 0.05) is 18.2 Å². The topological polar surface area (TPSA) is 136 Å². The van der Waals surface area contributed by atoms with Crippen LogP contribution >= 0.6 is 0 Å². The van der Waals surface area contributed by atoms with E-state index < -0.39 is 48.2 Å². The average molecular weight is 422 g/mol. The second-order valence-corrected chi connectivity index (χ2v) is 6.95. The summed E-state index contributed by atoms with van der Waals surface area (Å²) in [6.45, 7) is -0.475. The van der Waals surface area contributed by atoms with Crippen LogP contribution < -0.4 is 10.6 Å². The lowest BCUT2D eigenvalue weighted by atomic mass is 10.1. The third kappa shape index (κ3) is 3.66. The Labute approximate surface area is 167 Å². The number of H-pyrrole nitrogens is 1. The van der Waals surface area contributed by atoms with Gasteiger partial charge in [-0.05, 0) is 18.9 Å². The number of amides is 1. The van der Waals surface area contributed by atoms with Crippen molar-refractivity contribution < 1.29 is 28.2 Å². The minimum absolute atomic E-state index is 0.126. The van der Waals surface area contributed by atoms with E-state index in [2.05, 4.69) is 30.8 Å². The van der Waals surface area contributed by atoms with Gasteiger partial charge in [-0.3, -0.25) is 9.89 Å². The van der Waals surface area contributed by atoms with Gasteiger partial charge in [-0.25, -0.2) is 23.1 Å². The first-order valence-corrected chi connectivity index (χ1v) is 9.08. The number of aliphatic hydroxyl groups excluding tert-OH is 2. The van der Waals surface area contributed by atoms with Crippen LogP contribution in [0.5, 0.6) is 0 Å². The average Bonchev–Trinajstić information content (AvgIpc) is 3.29. The summed E-state index contributed by atoms with van der Waals surface area (Å²) in [6, 6.07) is 0.698. The number of aliphatic hydroxyl groups is 2. The Morgan fingerprint density at radius 3 is 2.73 bits per heavy atom. The van der Waals surface area contributed by atoms with E-state index in [1.807, 2.05) is 0 Å². The van der Waals surface area contributed by atoms with Crippen LogP contribution in [0.3, 0.4) is 0 Å². The van der Waals surface area contributed by atoms with Crippen molar-refractivity contribution in [3.63, 3.8) is 0 Å². The molecule has 0 bridgehead atoms. The van der Waals surface area contributed by atoms with Crippen molar-refractivity contribution in [3.8, 4) is 0 Å². The molecule has 0 unspecified atom stereocenters. The molecule has 3 aromatic rings. The summed E-state index contributed by atoms with van der Waals surface area (Å²) in [5.74, 6) is -4.14. The molecule has 1 aliphatic carbocycles. The van der Waals surface area contributed by atoms with Crippen molar-refractivity contribution in [1.82, 2.24) is 25.5 Å². The third-order valence-electron chi connectivity index (χ3n) is 4.98. The lowest BCUT2D eigenvalue weighted by Gasteiger charge is -2.18. The molecule has 1 aliphatic rings. The van der Waals surface area contributed by atoms with Crippen LogP contribution in [0.25, 0.3) is 11.0 Å². The van der Waals surface area contributed by atoms with Gasteiger partial charge in [-0.1, -0.05) is 0 Å². The summed E-state index contributed by atoms with van der Waals surface area (Å²) >= 11 is 0. The summed E-state index contributed by atoms with van der Waals surface area (Å²) in [7, 11) is 0. The summed E-state index contributed by atoms with van der Waals surface area (Å²) < 4.78 is 40.5. The van der Waals surface area contributed by atoms with E-state index >= 15 is 0 Å². The van der Waals surface area contributed by atoms with Gasteiger partial charge < -0.3 is 20.8 Å². The molecule has 2 aromatic heterocycles. The molecule has 1 amide bonds. The quantitative estimate of drug-likeness (QED) is 0.387. The van der Waals surface area contributed by atoms with Crippen LogP contribution in [0.2, 0.25) is 0 Å². The summed E-state index contributed by atoms with van der Waals surface area (Å²) in [6.07, 6.45) is 0.241. The zero-order valence-corrected chi connectivity index (χ0v) is 15.4. The molecule has 2 heterocycles. The van der Waals surface area contributed by atoms with Gasteiger partial charge in [0.2, 0.25) is 0 Å². The zero-order chi connectivity index (χ0) is 21.4. The van der Waals surface area contributed by atoms with E-state index in [9.17, 15) is 28.2 Å².